The summed E-state index contributed by atoms with van der Waals surface area (Å²) in [6.45, 7) is 8.66. The number of hydrogen-bond acceptors (Lipinski definition) is 5. The summed E-state index contributed by atoms with van der Waals surface area (Å²) in [7, 11) is 1.87. The molecule has 0 aliphatic heterocycles. The van der Waals surface area contributed by atoms with E-state index in [1.165, 1.54) is 6.08 Å². The lowest BCUT2D eigenvalue weighted by Crippen LogP contribution is -2.16. The van der Waals surface area contributed by atoms with E-state index in [0.29, 0.717) is 6.61 Å². The molecule has 0 fully saturated rings. The van der Waals surface area contributed by atoms with Gasteiger partial charge in [0.15, 0.2) is 9.76 Å². The van der Waals surface area contributed by atoms with Gasteiger partial charge in [-0.05, 0) is 25.4 Å². The highest BCUT2D eigenvalue weighted by Gasteiger charge is 2.02. The zero-order valence-corrected chi connectivity index (χ0v) is 15.2. The molecule has 0 aromatic carbocycles. The van der Waals surface area contributed by atoms with E-state index in [0.717, 1.165) is 25.1 Å². The zero-order chi connectivity index (χ0) is 14.9. The van der Waals surface area contributed by atoms with Crippen LogP contribution < -0.4 is 0 Å². The molecule has 0 unspecified atom stereocenters. The third kappa shape index (κ3) is 17.5. The van der Waals surface area contributed by atoms with Gasteiger partial charge in [-0.1, -0.05) is 13.5 Å². The molecule has 7 heteroatoms. The molecule has 0 aromatic rings. The van der Waals surface area contributed by atoms with Crippen molar-refractivity contribution in [1.29, 1.82) is 0 Å². The first-order chi connectivity index (χ1) is 9.15. The Morgan fingerprint density at radius 3 is 2.32 bits per heavy atom. The molecule has 5 nitrogen and oxygen atoms in total. The Morgan fingerprint density at radius 1 is 1.32 bits per heavy atom. The van der Waals surface area contributed by atoms with Gasteiger partial charge in [-0.3, -0.25) is 0 Å². The van der Waals surface area contributed by atoms with E-state index >= 15 is 0 Å². The van der Waals surface area contributed by atoms with E-state index < -0.39 is 9.28 Å². The van der Waals surface area contributed by atoms with Crippen LogP contribution in [0.5, 0.6) is 0 Å². The van der Waals surface area contributed by atoms with Crippen molar-refractivity contribution in [3.8, 4) is 0 Å². The van der Waals surface area contributed by atoms with Gasteiger partial charge in [-0.25, -0.2) is 4.79 Å². The molecule has 0 aromatic heterocycles. The Balaban J connectivity index is 0. The zero-order valence-electron chi connectivity index (χ0n) is 12.6. The lowest BCUT2D eigenvalue weighted by Gasteiger charge is -2.05. The lowest BCUT2D eigenvalue weighted by molar-refractivity contribution is -0.137. The van der Waals surface area contributed by atoms with Gasteiger partial charge in [0, 0.05) is 26.9 Å². The lowest BCUT2D eigenvalue weighted by atomic mass is 10.5. The van der Waals surface area contributed by atoms with Gasteiger partial charge in [0.2, 0.25) is 0 Å². The maximum atomic E-state index is 10.5. The van der Waals surface area contributed by atoms with Crippen LogP contribution in [0.3, 0.4) is 0 Å². The largest absolute Gasteiger partial charge is 0.463 e. The molecular weight excluding hydrogens is 280 g/mol. The van der Waals surface area contributed by atoms with Crippen molar-refractivity contribution in [2.45, 2.75) is 32.4 Å². The molecule has 0 radical (unpaired) electrons. The monoisotopic (exact) mass is 308 g/mol. The number of esters is 1. The van der Waals surface area contributed by atoms with Crippen LogP contribution in [0.1, 0.15) is 20.3 Å². The molecule has 0 N–H and O–H groups in total. The highest BCUT2D eigenvalue weighted by atomic mass is 28.3. The third-order valence-corrected chi connectivity index (χ3v) is 5.36. The van der Waals surface area contributed by atoms with E-state index in [9.17, 15) is 4.79 Å². The molecule has 0 aliphatic rings. The molecule has 0 heterocycles. The second-order valence-electron chi connectivity index (χ2n) is 3.58. The number of ether oxygens (including phenoxy) is 1. The molecule has 0 rings (SSSR count). The van der Waals surface area contributed by atoms with Gasteiger partial charge < -0.3 is 18.0 Å². The van der Waals surface area contributed by atoms with E-state index in [-0.39, 0.29) is 15.7 Å². The van der Waals surface area contributed by atoms with Crippen molar-refractivity contribution in [3.63, 3.8) is 0 Å². The minimum atomic E-state index is -1.17. The van der Waals surface area contributed by atoms with Gasteiger partial charge in [0.25, 0.3) is 0 Å². The summed E-state index contributed by atoms with van der Waals surface area (Å²) in [4.78, 5) is 10.5. The molecule has 114 valence electrons. The fraction of sp³-hybridized carbons (Fsp3) is 0.750. The summed E-state index contributed by atoms with van der Waals surface area (Å²) in [5, 5.41) is 0. The smallest absolute Gasteiger partial charge is 0.330 e. The van der Waals surface area contributed by atoms with Crippen molar-refractivity contribution >= 4 is 25.0 Å². The van der Waals surface area contributed by atoms with Crippen molar-refractivity contribution < 1.29 is 22.8 Å². The van der Waals surface area contributed by atoms with Gasteiger partial charge in [-0.2, -0.15) is 0 Å². The summed E-state index contributed by atoms with van der Waals surface area (Å²) in [6, 6.07) is 2.12. The predicted octanol–water partition coefficient (Wildman–Crippen LogP) is 1.16. The first-order valence-electron chi connectivity index (χ1n) is 6.58. The molecule has 0 aliphatic carbocycles. The number of hydrogen-bond donors (Lipinski definition) is 0. The molecule has 0 amide bonds. The molecule has 0 saturated heterocycles. The van der Waals surface area contributed by atoms with Crippen LogP contribution in [0, 0.1) is 0 Å². The average molecular weight is 309 g/mol. The average Bonchev–Trinajstić information content (AvgIpc) is 2.45. The van der Waals surface area contributed by atoms with Crippen LogP contribution in [0.2, 0.25) is 12.1 Å². The maximum absolute atomic E-state index is 10.5. The van der Waals surface area contributed by atoms with Gasteiger partial charge in [0.1, 0.15) is 0 Å². The van der Waals surface area contributed by atoms with E-state index in [1.807, 2.05) is 6.92 Å². The SMILES string of the molecule is C=CC(=O)OCCC[SiH2]OCC.CC[SiH](OC)OC. The summed E-state index contributed by atoms with van der Waals surface area (Å²) in [6.07, 6.45) is 2.09. The number of carbonyl (C=O) groups excluding carboxylic acids is 1. The highest BCUT2D eigenvalue weighted by molar-refractivity contribution is 6.44. The van der Waals surface area contributed by atoms with Crippen LogP contribution in [-0.2, 0) is 22.8 Å². The second kappa shape index (κ2) is 17.5. The fourth-order valence-corrected chi connectivity index (χ4v) is 2.87. The highest BCUT2D eigenvalue weighted by Crippen LogP contribution is 1.91. The van der Waals surface area contributed by atoms with Gasteiger partial charge in [0.05, 0.1) is 6.61 Å². The number of rotatable bonds is 10. The Labute approximate surface area is 121 Å². The topological polar surface area (TPSA) is 54.0 Å². The fourth-order valence-electron chi connectivity index (χ4n) is 1.11. The summed E-state index contributed by atoms with van der Waals surface area (Å²) in [5.74, 6) is -0.340. The summed E-state index contributed by atoms with van der Waals surface area (Å²) in [5.41, 5.74) is 0. The summed E-state index contributed by atoms with van der Waals surface area (Å²) < 4.78 is 20.0. The standard InChI is InChI=1S/C8H16O3Si.C4H12O2Si/c1-3-8(9)10-6-5-7-12-11-4-2;1-4-7(5-2)6-3/h3H,1,4-7,12H2,2H3;7H,4H2,1-3H3. The van der Waals surface area contributed by atoms with Crippen molar-refractivity contribution in [2.75, 3.05) is 27.4 Å². The molecule has 0 spiro atoms. The summed E-state index contributed by atoms with van der Waals surface area (Å²) >= 11 is 0. The van der Waals surface area contributed by atoms with Crippen molar-refractivity contribution in [2.24, 2.45) is 0 Å². The third-order valence-electron chi connectivity index (χ3n) is 2.16. The Morgan fingerprint density at radius 2 is 1.95 bits per heavy atom. The van der Waals surface area contributed by atoms with Crippen molar-refractivity contribution in [1.82, 2.24) is 0 Å². The quantitative estimate of drug-likeness (QED) is 0.262. The van der Waals surface area contributed by atoms with Crippen LogP contribution in [0.25, 0.3) is 0 Å². The van der Waals surface area contributed by atoms with E-state index in [4.69, 9.17) is 18.0 Å². The predicted molar refractivity (Wildman–Crippen MR) is 82.4 cm³/mol. The Kier molecular flexibility index (Phi) is 19.2. The normalized spacial score (nSPS) is 10.4. The van der Waals surface area contributed by atoms with E-state index in [2.05, 4.69) is 13.5 Å². The maximum Gasteiger partial charge on any atom is 0.330 e. The molecule has 0 saturated carbocycles. The van der Waals surface area contributed by atoms with Gasteiger partial charge in [-0.15, -0.1) is 0 Å². The number of carbonyl (C=O) groups is 1. The molecule has 19 heavy (non-hydrogen) atoms. The van der Waals surface area contributed by atoms with E-state index in [1.54, 1.807) is 14.2 Å². The first kappa shape index (κ1) is 20.8. The molecular formula is C12H28O5Si2. The van der Waals surface area contributed by atoms with Crippen LogP contribution in [-0.4, -0.2) is 52.4 Å². The first-order valence-corrected chi connectivity index (χ1v) is 9.92. The van der Waals surface area contributed by atoms with Crippen LogP contribution in [0.4, 0.5) is 0 Å². The Hall–Kier alpha value is -0.476. The minimum Gasteiger partial charge on any atom is -0.463 e. The van der Waals surface area contributed by atoms with Gasteiger partial charge >= 0.3 is 15.3 Å². The Bertz CT molecular complexity index is 205. The molecule has 0 atom stereocenters. The van der Waals surface area contributed by atoms with Crippen LogP contribution in [0.15, 0.2) is 12.7 Å². The molecule has 0 bridgehead atoms. The van der Waals surface area contributed by atoms with Crippen LogP contribution >= 0.6 is 0 Å². The second-order valence-corrected chi connectivity index (χ2v) is 7.73. The van der Waals surface area contributed by atoms with Crippen molar-refractivity contribution in [3.05, 3.63) is 12.7 Å². The minimum absolute atomic E-state index is 0.340.